The van der Waals surface area contributed by atoms with Gasteiger partial charge in [0.2, 0.25) is 0 Å². The van der Waals surface area contributed by atoms with Gasteiger partial charge in [-0.15, -0.1) is 0 Å². The number of carbonyl (C=O) groups excluding carboxylic acids is 1. The highest BCUT2D eigenvalue weighted by atomic mass is 35.5. The minimum atomic E-state index is -0.406. The molecule has 0 fully saturated rings. The summed E-state index contributed by atoms with van der Waals surface area (Å²) in [5.74, 6) is -0.189. The Morgan fingerprint density at radius 1 is 1.00 bits per heavy atom. The van der Waals surface area contributed by atoms with Gasteiger partial charge >= 0.3 is 0 Å². The molecule has 0 aliphatic carbocycles. The summed E-state index contributed by atoms with van der Waals surface area (Å²) in [4.78, 5) is 20.4. The predicted octanol–water partition coefficient (Wildman–Crippen LogP) is 4.18. The van der Waals surface area contributed by atoms with Gasteiger partial charge in [0.25, 0.3) is 5.91 Å². The Labute approximate surface area is 155 Å². The highest BCUT2D eigenvalue weighted by Gasteiger charge is 2.08. The number of amides is 1. The van der Waals surface area contributed by atoms with E-state index in [1.54, 1.807) is 0 Å². The van der Waals surface area contributed by atoms with Crippen LogP contribution >= 0.6 is 11.6 Å². The van der Waals surface area contributed by atoms with Gasteiger partial charge in [0, 0.05) is 17.3 Å². The third-order valence-electron chi connectivity index (χ3n) is 3.62. The van der Waals surface area contributed by atoms with Crippen molar-refractivity contribution in [1.29, 1.82) is 0 Å². The third kappa shape index (κ3) is 5.00. The zero-order chi connectivity index (χ0) is 18.4. The number of carbonyl (C=O) groups is 1. The number of hydrogen-bond acceptors (Lipinski definition) is 4. The Balaban J connectivity index is 1.51. The molecule has 0 bridgehead atoms. The average Bonchev–Trinajstić information content (AvgIpc) is 2.66. The Morgan fingerprint density at radius 2 is 1.73 bits per heavy atom. The van der Waals surface area contributed by atoms with Gasteiger partial charge in [0.05, 0.1) is 12.4 Å². The summed E-state index contributed by atoms with van der Waals surface area (Å²) in [5, 5.41) is 6.49. The molecule has 7 heteroatoms. The maximum atomic E-state index is 12.9. The summed E-state index contributed by atoms with van der Waals surface area (Å²) in [6.07, 6.45) is 3.70. The average molecular weight is 371 g/mol. The van der Waals surface area contributed by atoms with E-state index in [0.29, 0.717) is 23.1 Å². The van der Waals surface area contributed by atoms with E-state index in [-0.39, 0.29) is 11.5 Å². The number of aromatic nitrogens is 2. The zero-order valence-corrected chi connectivity index (χ0v) is 14.5. The number of nitrogens with one attached hydrogen (secondary N) is 2. The van der Waals surface area contributed by atoms with Gasteiger partial charge < -0.3 is 10.6 Å². The van der Waals surface area contributed by atoms with E-state index in [9.17, 15) is 9.18 Å². The molecule has 1 amide bonds. The molecule has 0 spiro atoms. The molecular weight excluding hydrogens is 355 g/mol. The van der Waals surface area contributed by atoms with E-state index in [2.05, 4.69) is 20.6 Å². The van der Waals surface area contributed by atoms with E-state index in [1.807, 2.05) is 24.3 Å². The second-order valence-corrected chi connectivity index (χ2v) is 5.99. The largest absolute Gasteiger partial charge is 0.368 e. The van der Waals surface area contributed by atoms with Crippen molar-refractivity contribution in [3.05, 3.63) is 83.0 Å². The lowest BCUT2D eigenvalue weighted by Gasteiger charge is -2.07. The molecule has 0 saturated heterocycles. The molecular formula is C19H16ClFN4O. The van der Waals surface area contributed by atoms with Crippen LogP contribution in [0, 0.1) is 5.82 Å². The van der Waals surface area contributed by atoms with Gasteiger partial charge in [-0.1, -0.05) is 23.7 Å². The Morgan fingerprint density at radius 3 is 2.38 bits per heavy atom. The molecule has 0 unspecified atom stereocenters. The van der Waals surface area contributed by atoms with Crippen molar-refractivity contribution < 1.29 is 9.18 Å². The van der Waals surface area contributed by atoms with Crippen LogP contribution < -0.4 is 10.6 Å². The molecule has 0 radical (unpaired) electrons. The van der Waals surface area contributed by atoms with Gasteiger partial charge in [-0.2, -0.15) is 0 Å². The second kappa shape index (κ2) is 8.40. The van der Waals surface area contributed by atoms with E-state index in [0.717, 1.165) is 12.0 Å². The van der Waals surface area contributed by atoms with Gasteiger partial charge in [-0.05, 0) is 48.4 Å². The van der Waals surface area contributed by atoms with Crippen molar-refractivity contribution in [3.63, 3.8) is 0 Å². The molecule has 1 heterocycles. The molecule has 0 saturated carbocycles. The molecule has 3 aromatic rings. The van der Waals surface area contributed by atoms with E-state index < -0.39 is 5.91 Å². The van der Waals surface area contributed by atoms with Gasteiger partial charge in [-0.25, -0.2) is 14.4 Å². The topological polar surface area (TPSA) is 66.9 Å². The summed E-state index contributed by atoms with van der Waals surface area (Å²) < 4.78 is 12.9. The van der Waals surface area contributed by atoms with Gasteiger partial charge in [0.15, 0.2) is 0 Å². The number of hydrogen-bond donors (Lipinski definition) is 2. The van der Waals surface area contributed by atoms with Crippen LogP contribution in [0.5, 0.6) is 0 Å². The van der Waals surface area contributed by atoms with Crippen LogP contribution in [-0.2, 0) is 6.42 Å². The maximum Gasteiger partial charge on any atom is 0.275 e. The standard InChI is InChI=1S/C19H16ClFN4O/c20-14-3-1-13(2-4-14)9-10-22-18-12-23-17(11-24-18)19(26)25-16-7-5-15(21)6-8-16/h1-8,11-12H,9-10H2,(H,22,24)(H,25,26). The summed E-state index contributed by atoms with van der Waals surface area (Å²) in [7, 11) is 0. The summed E-state index contributed by atoms with van der Waals surface area (Å²) in [6, 6.07) is 13.2. The molecule has 2 N–H and O–H groups in total. The number of halogens is 2. The van der Waals surface area contributed by atoms with Crippen LogP contribution in [0.25, 0.3) is 0 Å². The van der Waals surface area contributed by atoms with Gasteiger partial charge in [0.1, 0.15) is 17.3 Å². The molecule has 0 atom stereocenters. The smallest absolute Gasteiger partial charge is 0.275 e. The lowest BCUT2D eigenvalue weighted by molar-refractivity contribution is 0.102. The fourth-order valence-corrected chi connectivity index (χ4v) is 2.38. The van der Waals surface area contributed by atoms with Crippen molar-refractivity contribution in [3.8, 4) is 0 Å². The predicted molar refractivity (Wildman–Crippen MR) is 100 cm³/mol. The lowest BCUT2D eigenvalue weighted by Crippen LogP contribution is -2.15. The fourth-order valence-electron chi connectivity index (χ4n) is 2.25. The molecule has 5 nitrogen and oxygen atoms in total. The first kappa shape index (κ1) is 17.8. The van der Waals surface area contributed by atoms with Crippen molar-refractivity contribution in [2.24, 2.45) is 0 Å². The SMILES string of the molecule is O=C(Nc1ccc(F)cc1)c1cnc(NCCc2ccc(Cl)cc2)cn1. The van der Waals surface area contributed by atoms with Crippen LogP contribution in [0.1, 0.15) is 16.1 Å². The third-order valence-corrected chi connectivity index (χ3v) is 3.87. The molecule has 3 rings (SSSR count). The first-order valence-corrected chi connectivity index (χ1v) is 8.35. The minimum Gasteiger partial charge on any atom is -0.368 e. The van der Waals surface area contributed by atoms with Crippen LogP contribution in [-0.4, -0.2) is 22.4 Å². The second-order valence-electron chi connectivity index (χ2n) is 5.55. The molecule has 0 aliphatic rings. The van der Waals surface area contributed by atoms with Crippen molar-refractivity contribution in [1.82, 2.24) is 9.97 Å². The molecule has 1 aromatic heterocycles. The number of nitrogens with zero attached hydrogens (tertiary/aromatic N) is 2. The number of rotatable bonds is 6. The first-order valence-electron chi connectivity index (χ1n) is 7.97. The molecule has 26 heavy (non-hydrogen) atoms. The molecule has 2 aromatic carbocycles. The summed E-state index contributed by atoms with van der Waals surface area (Å²) >= 11 is 5.86. The van der Waals surface area contributed by atoms with E-state index in [1.165, 1.54) is 36.7 Å². The quantitative estimate of drug-likeness (QED) is 0.683. The van der Waals surface area contributed by atoms with Gasteiger partial charge in [-0.3, -0.25) is 4.79 Å². The maximum absolute atomic E-state index is 12.9. The fraction of sp³-hybridized carbons (Fsp3) is 0.105. The van der Waals surface area contributed by atoms with Crippen molar-refractivity contribution in [2.75, 3.05) is 17.2 Å². The van der Waals surface area contributed by atoms with Crippen molar-refractivity contribution >= 4 is 29.0 Å². The van der Waals surface area contributed by atoms with Crippen LogP contribution in [0.15, 0.2) is 60.9 Å². The van der Waals surface area contributed by atoms with E-state index in [4.69, 9.17) is 11.6 Å². The zero-order valence-electron chi connectivity index (χ0n) is 13.7. The summed E-state index contributed by atoms with van der Waals surface area (Å²) in [5.41, 5.74) is 1.83. The highest BCUT2D eigenvalue weighted by Crippen LogP contribution is 2.11. The summed E-state index contributed by atoms with van der Waals surface area (Å²) in [6.45, 7) is 0.678. The van der Waals surface area contributed by atoms with E-state index >= 15 is 0 Å². The Hall–Kier alpha value is -2.99. The molecule has 0 aliphatic heterocycles. The lowest BCUT2D eigenvalue weighted by atomic mass is 10.1. The normalized spacial score (nSPS) is 10.4. The number of anilines is 2. The monoisotopic (exact) mass is 370 g/mol. The minimum absolute atomic E-state index is 0.178. The van der Waals surface area contributed by atoms with Crippen LogP contribution in [0.2, 0.25) is 5.02 Å². The van der Waals surface area contributed by atoms with Crippen LogP contribution in [0.3, 0.4) is 0 Å². The van der Waals surface area contributed by atoms with Crippen molar-refractivity contribution in [2.45, 2.75) is 6.42 Å². The first-order chi connectivity index (χ1) is 12.6. The number of benzene rings is 2. The van der Waals surface area contributed by atoms with Crippen LogP contribution in [0.4, 0.5) is 15.9 Å². The Kier molecular flexibility index (Phi) is 5.76. The molecule has 132 valence electrons. The Bertz CT molecular complexity index is 868. The highest BCUT2D eigenvalue weighted by molar-refractivity contribution is 6.30.